The molecule has 0 bridgehead atoms. The Morgan fingerprint density at radius 3 is 1.29 bits per heavy atom. The highest BCUT2D eigenvalue weighted by atomic mass is 14.3. The minimum Gasteiger partial charge on any atom is -0.0654 e. The van der Waals surface area contributed by atoms with Crippen LogP contribution in [0.3, 0.4) is 0 Å². The molecule has 0 spiro atoms. The summed E-state index contributed by atoms with van der Waals surface area (Å²) in [5.41, 5.74) is 0.475. The molecule has 0 aromatic carbocycles. The highest BCUT2D eigenvalue weighted by molar-refractivity contribution is 5.02. The van der Waals surface area contributed by atoms with E-state index in [0.717, 1.165) is 0 Å². The van der Waals surface area contributed by atoms with Crippen LogP contribution in [-0.4, -0.2) is 0 Å². The lowest BCUT2D eigenvalue weighted by atomic mass is 9.70. The van der Waals surface area contributed by atoms with Gasteiger partial charge in [-0.25, -0.2) is 0 Å². The molecular weight excluding hydrogens is 288 g/mol. The van der Waals surface area contributed by atoms with Gasteiger partial charge in [-0.1, -0.05) is 125 Å². The maximum absolute atomic E-state index is 2.53. The summed E-state index contributed by atoms with van der Waals surface area (Å²) in [5.74, 6) is 1.90. The lowest BCUT2D eigenvalue weighted by Gasteiger charge is -2.35. The predicted molar refractivity (Wildman–Crippen MR) is 113 cm³/mol. The van der Waals surface area contributed by atoms with Gasteiger partial charge in [0.05, 0.1) is 0 Å². The third-order valence-corrected chi connectivity index (χ3v) is 5.78. The largest absolute Gasteiger partial charge is 0.0654 e. The van der Waals surface area contributed by atoms with Crippen LogP contribution >= 0.6 is 0 Å². The first-order valence-electron chi connectivity index (χ1n) is 11.4. The van der Waals surface area contributed by atoms with Gasteiger partial charge >= 0.3 is 0 Å². The quantitative estimate of drug-likeness (QED) is 0.218. The summed E-state index contributed by atoms with van der Waals surface area (Å²) in [6.07, 6.45) is 24.0. The summed E-state index contributed by atoms with van der Waals surface area (Å²) in [4.78, 5) is 0. The Balaban J connectivity index is 4.24. The van der Waals surface area contributed by atoms with Crippen LogP contribution in [0.25, 0.3) is 0 Å². The number of hydrogen-bond donors (Lipinski definition) is 0. The van der Waals surface area contributed by atoms with E-state index in [1.54, 1.807) is 0 Å². The van der Waals surface area contributed by atoms with Gasteiger partial charge in [0, 0.05) is 0 Å². The van der Waals surface area contributed by atoms with Crippen LogP contribution in [0.15, 0.2) is 0 Å². The Kier molecular flexibility index (Phi) is 16.5. The fourth-order valence-electron chi connectivity index (χ4n) is 3.86. The minimum atomic E-state index is 0.475. The Bertz CT molecular complexity index is 226. The number of hydrogen-bond acceptors (Lipinski definition) is 0. The van der Waals surface area contributed by atoms with Crippen molar-refractivity contribution in [3.05, 3.63) is 5.92 Å². The van der Waals surface area contributed by atoms with Crippen molar-refractivity contribution in [1.82, 2.24) is 0 Å². The molecule has 0 N–H and O–H groups in total. The minimum absolute atomic E-state index is 0.475. The van der Waals surface area contributed by atoms with Gasteiger partial charge in [0.25, 0.3) is 0 Å². The molecule has 0 heterocycles. The van der Waals surface area contributed by atoms with Crippen LogP contribution in [0.2, 0.25) is 0 Å². The fraction of sp³-hybridized carbons (Fsp3) is 0.958. The van der Waals surface area contributed by atoms with Gasteiger partial charge in [-0.15, -0.1) is 0 Å². The molecule has 0 nitrogen and oxygen atoms in total. The van der Waals surface area contributed by atoms with Crippen molar-refractivity contribution in [3.63, 3.8) is 0 Å². The summed E-state index contributed by atoms with van der Waals surface area (Å²) in [6.45, 7) is 12.0. The van der Waals surface area contributed by atoms with E-state index in [-0.39, 0.29) is 0 Å². The van der Waals surface area contributed by atoms with Crippen molar-refractivity contribution in [2.24, 2.45) is 5.41 Å². The Morgan fingerprint density at radius 2 is 0.875 bits per heavy atom. The standard InChI is InChI=1S/C24H49/c1-6-9-12-15-17-20-23(21-18-16-13-10-7-2)24(4,5)22-19-14-11-8-3/h6-22H2,1-5H3. The molecule has 0 aliphatic heterocycles. The Hall–Kier alpha value is 0. The highest BCUT2D eigenvalue weighted by Crippen LogP contribution is 2.41. The first-order valence-corrected chi connectivity index (χ1v) is 11.4. The van der Waals surface area contributed by atoms with Crippen molar-refractivity contribution < 1.29 is 0 Å². The van der Waals surface area contributed by atoms with E-state index >= 15 is 0 Å². The van der Waals surface area contributed by atoms with Gasteiger partial charge in [-0.2, -0.15) is 0 Å². The zero-order chi connectivity index (χ0) is 18.1. The van der Waals surface area contributed by atoms with Crippen molar-refractivity contribution >= 4 is 0 Å². The molecule has 0 aliphatic carbocycles. The van der Waals surface area contributed by atoms with Crippen LogP contribution in [0.4, 0.5) is 0 Å². The van der Waals surface area contributed by atoms with Crippen LogP contribution in [0.5, 0.6) is 0 Å². The normalized spacial score (nSPS) is 12.2. The van der Waals surface area contributed by atoms with Crippen molar-refractivity contribution in [3.8, 4) is 0 Å². The number of unbranched alkanes of at least 4 members (excludes halogenated alkanes) is 11. The van der Waals surface area contributed by atoms with Crippen LogP contribution in [0.1, 0.15) is 144 Å². The third kappa shape index (κ3) is 13.3. The zero-order valence-corrected chi connectivity index (χ0v) is 18.0. The van der Waals surface area contributed by atoms with Gasteiger partial charge in [-0.05, 0) is 30.6 Å². The van der Waals surface area contributed by atoms with Crippen molar-refractivity contribution in [2.45, 2.75) is 144 Å². The fourth-order valence-corrected chi connectivity index (χ4v) is 3.86. The monoisotopic (exact) mass is 337 g/mol. The van der Waals surface area contributed by atoms with Gasteiger partial charge in [0.1, 0.15) is 0 Å². The molecule has 0 saturated heterocycles. The van der Waals surface area contributed by atoms with E-state index in [4.69, 9.17) is 0 Å². The lowest BCUT2D eigenvalue weighted by Crippen LogP contribution is -2.22. The maximum Gasteiger partial charge on any atom is -0.0185 e. The second-order valence-electron chi connectivity index (χ2n) is 8.63. The molecule has 24 heavy (non-hydrogen) atoms. The summed E-state index contributed by atoms with van der Waals surface area (Å²) >= 11 is 0. The molecule has 0 atom stereocenters. The SMILES string of the molecule is CCCCCCC[C](CCCCCCC)C(C)(C)CCCCCC. The first kappa shape index (κ1) is 24.0. The summed E-state index contributed by atoms with van der Waals surface area (Å²) in [5, 5.41) is 0. The Labute approximate surface area is 155 Å². The van der Waals surface area contributed by atoms with Crippen LogP contribution in [0, 0.1) is 11.3 Å². The summed E-state index contributed by atoms with van der Waals surface area (Å²) in [6, 6.07) is 0. The molecule has 0 aromatic rings. The lowest BCUT2D eigenvalue weighted by molar-refractivity contribution is 0.297. The van der Waals surface area contributed by atoms with E-state index in [0.29, 0.717) is 5.41 Å². The molecule has 0 aliphatic rings. The van der Waals surface area contributed by atoms with E-state index in [1.807, 2.05) is 5.92 Å². The molecule has 0 rings (SSSR count). The molecule has 0 unspecified atom stereocenters. The zero-order valence-electron chi connectivity index (χ0n) is 18.0. The number of rotatable bonds is 18. The average molecular weight is 338 g/mol. The second kappa shape index (κ2) is 16.5. The van der Waals surface area contributed by atoms with Gasteiger partial charge < -0.3 is 0 Å². The predicted octanol–water partition coefficient (Wildman–Crippen LogP) is 9.28. The van der Waals surface area contributed by atoms with Gasteiger partial charge in [-0.3, -0.25) is 0 Å². The molecule has 0 aromatic heterocycles. The van der Waals surface area contributed by atoms with Gasteiger partial charge in [0.2, 0.25) is 0 Å². The molecule has 0 saturated carbocycles. The molecule has 0 fully saturated rings. The highest BCUT2D eigenvalue weighted by Gasteiger charge is 2.28. The third-order valence-electron chi connectivity index (χ3n) is 5.78. The van der Waals surface area contributed by atoms with Crippen LogP contribution in [-0.2, 0) is 0 Å². The van der Waals surface area contributed by atoms with E-state index in [1.165, 1.54) is 109 Å². The summed E-state index contributed by atoms with van der Waals surface area (Å²) in [7, 11) is 0. The smallest absolute Gasteiger partial charge is 0.0185 e. The average Bonchev–Trinajstić information content (AvgIpc) is 2.56. The molecule has 0 heteroatoms. The van der Waals surface area contributed by atoms with Gasteiger partial charge in [0.15, 0.2) is 0 Å². The van der Waals surface area contributed by atoms with E-state index < -0.39 is 0 Å². The topological polar surface area (TPSA) is 0 Å². The second-order valence-corrected chi connectivity index (χ2v) is 8.63. The first-order chi connectivity index (χ1) is 11.6. The molecular formula is C24H49. The van der Waals surface area contributed by atoms with Crippen LogP contribution < -0.4 is 0 Å². The molecule has 145 valence electrons. The molecule has 1 radical (unpaired) electrons. The van der Waals surface area contributed by atoms with E-state index in [2.05, 4.69) is 34.6 Å². The van der Waals surface area contributed by atoms with Crippen molar-refractivity contribution in [2.75, 3.05) is 0 Å². The molecule has 0 amide bonds. The summed E-state index contributed by atoms with van der Waals surface area (Å²) < 4.78 is 0. The van der Waals surface area contributed by atoms with E-state index in [9.17, 15) is 0 Å². The maximum atomic E-state index is 2.53. The van der Waals surface area contributed by atoms with Crippen molar-refractivity contribution in [1.29, 1.82) is 0 Å². The Morgan fingerprint density at radius 1 is 0.500 bits per heavy atom.